The zero-order chi connectivity index (χ0) is 14.3. The Morgan fingerprint density at radius 3 is 2.60 bits per heavy atom. The van der Waals surface area contributed by atoms with Crippen LogP contribution in [0.3, 0.4) is 0 Å². The number of hydrogen-bond donors (Lipinski definition) is 1. The van der Waals surface area contributed by atoms with Gasteiger partial charge in [0.2, 0.25) is 0 Å². The predicted octanol–water partition coefficient (Wildman–Crippen LogP) is 2.12. The molecule has 2 heterocycles. The van der Waals surface area contributed by atoms with Crippen molar-refractivity contribution in [1.82, 2.24) is 8.96 Å². The highest BCUT2D eigenvalue weighted by Crippen LogP contribution is 2.25. The molecule has 0 unspecified atom stereocenters. The van der Waals surface area contributed by atoms with Crippen LogP contribution in [0.2, 0.25) is 0 Å². The lowest BCUT2D eigenvalue weighted by Gasteiger charge is -2.06. The Labute approximate surface area is 114 Å². The quantitative estimate of drug-likeness (QED) is 0.785. The molecule has 0 saturated carbocycles. The van der Waals surface area contributed by atoms with E-state index in [0.29, 0.717) is 0 Å². The number of hydrogen-bond acceptors (Lipinski definition) is 4. The van der Waals surface area contributed by atoms with Crippen LogP contribution in [0.25, 0.3) is 11.0 Å². The van der Waals surface area contributed by atoms with Gasteiger partial charge in [-0.1, -0.05) is 18.2 Å². The molecule has 0 saturated heterocycles. The number of rotatable bonds is 2. The van der Waals surface area contributed by atoms with E-state index in [0.717, 1.165) is 22.4 Å². The summed E-state index contributed by atoms with van der Waals surface area (Å²) < 4.78 is 39.4. The third-order valence-corrected chi connectivity index (χ3v) is 4.51. The second-order valence-electron chi connectivity index (χ2n) is 4.16. The maximum atomic E-state index is 13.8. The van der Waals surface area contributed by atoms with E-state index in [-0.39, 0.29) is 21.7 Å². The summed E-state index contributed by atoms with van der Waals surface area (Å²) in [4.78, 5) is 3.82. The van der Waals surface area contributed by atoms with Crippen molar-refractivity contribution in [2.45, 2.75) is 4.90 Å². The lowest BCUT2D eigenvalue weighted by atomic mass is 10.3. The largest absolute Gasteiger partial charge is 0.506 e. The van der Waals surface area contributed by atoms with Crippen LogP contribution in [0, 0.1) is 5.82 Å². The Balaban J connectivity index is 2.31. The van der Waals surface area contributed by atoms with E-state index < -0.39 is 15.8 Å². The first kappa shape index (κ1) is 12.6. The zero-order valence-electron chi connectivity index (χ0n) is 10.1. The molecule has 0 amide bonds. The highest BCUT2D eigenvalue weighted by Gasteiger charge is 2.22. The van der Waals surface area contributed by atoms with Crippen LogP contribution in [0.15, 0.2) is 53.7 Å². The lowest BCUT2D eigenvalue weighted by Crippen LogP contribution is -2.12. The summed E-state index contributed by atoms with van der Waals surface area (Å²) in [5, 5.41) is 9.24. The van der Waals surface area contributed by atoms with E-state index in [1.54, 1.807) is 18.2 Å². The van der Waals surface area contributed by atoms with Crippen LogP contribution in [0.5, 0.6) is 5.75 Å². The first-order valence-electron chi connectivity index (χ1n) is 5.66. The van der Waals surface area contributed by atoms with Gasteiger partial charge in [0.15, 0.2) is 11.5 Å². The SMILES string of the molecule is O=S(=O)(c1ccccc1)n1cc(F)c2cc(O)cnc21. The van der Waals surface area contributed by atoms with Gasteiger partial charge in [0, 0.05) is 0 Å². The normalized spacial score (nSPS) is 11.8. The van der Waals surface area contributed by atoms with E-state index in [1.807, 2.05) is 0 Å². The fraction of sp³-hybridized carbons (Fsp3) is 0. The van der Waals surface area contributed by atoms with E-state index in [2.05, 4.69) is 4.98 Å². The summed E-state index contributed by atoms with van der Waals surface area (Å²) in [5.41, 5.74) is -0.0656. The van der Waals surface area contributed by atoms with E-state index in [1.165, 1.54) is 12.1 Å². The number of aromatic hydroxyl groups is 1. The van der Waals surface area contributed by atoms with Crippen LogP contribution < -0.4 is 0 Å². The molecule has 0 aliphatic heterocycles. The average Bonchev–Trinajstić information content (AvgIpc) is 2.77. The maximum absolute atomic E-state index is 13.8. The van der Waals surface area contributed by atoms with Gasteiger partial charge >= 0.3 is 0 Å². The molecule has 2 aromatic heterocycles. The van der Waals surface area contributed by atoms with Crippen molar-refractivity contribution < 1.29 is 17.9 Å². The molecule has 3 rings (SSSR count). The molecule has 20 heavy (non-hydrogen) atoms. The smallest absolute Gasteiger partial charge is 0.269 e. The highest BCUT2D eigenvalue weighted by atomic mass is 32.2. The van der Waals surface area contributed by atoms with Gasteiger partial charge in [-0.05, 0) is 18.2 Å². The van der Waals surface area contributed by atoms with Gasteiger partial charge in [-0.2, -0.15) is 0 Å². The second kappa shape index (κ2) is 4.31. The molecule has 7 heteroatoms. The van der Waals surface area contributed by atoms with Crippen molar-refractivity contribution in [2.75, 3.05) is 0 Å². The van der Waals surface area contributed by atoms with Gasteiger partial charge in [-0.15, -0.1) is 0 Å². The molecule has 0 radical (unpaired) electrons. The van der Waals surface area contributed by atoms with Crippen LogP contribution >= 0.6 is 0 Å². The number of fused-ring (bicyclic) bond motifs is 1. The minimum absolute atomic E-state index is 0.0341. The van der Waals surface area contributed by atoms with Crippen molar-refractivity contribution >= 4 is 21.1 Å². The van der Waals surface area contributed by atoms with E-state index in [4.69, 9.17) is 0 Å². The molecule has 0 fully saturated rings. The predicted molar refractivity (Wildman–Crippen MR) is 70.4 cm³/mol. The van der Waals surface area contributed by atoms with Crippen molar-refractivity contribution in [3.8, 4) is 5.75 Å². The van der Waals surface area contributed by atoms with Crippen LogP contribution in [0.4, 0.5) is 4.39 Å². The average molecular weight is 292 g/mol. The minimum atomic E-state index is -3.93. The van der Waals surface area contributed by atoms with Crippen molar-refractivity contribution in [1.29, 1.82) is 0 Å². The Hall–Kier alpha value is -2.41. The Kier molecular flexibility index (Phi) is 2.72. The molecule has 0 spiro atoms. The number of aromatic nitrogens is 2. The molecule has 0 atom stereocenters. The molecule has 102 valence electrons. The molecule has 3 aromatic rings. The summed E-state index contributed by atoms with van der Waals surface area (Å²) in [6.07, 6.45) is 1.91. The summed E-state index contributed by atoms with van der Waals surface area (Å²) in [7, 11) is -3.93. The number of pyridine rings is 1. The zero-order valence-corrected chi connectivity index (χ0v) is 10.9. The fourth-order valence-corrected chi connectivity index (χ4v) is 3.25. The first-order valence-corrected chi connectivity index (χ1v) is 7.10. The standard InChI is InChI=1S/C13H9FN2O3S/c14-12-8-16(13-11(12)6-9(17)7-15-13)20(18,19)10-4-2-1-3-5-10/h1-8,17H. The fourth-order valence-electron chi connectivity index (χ4n) is 1.92. The van der Waals surface area contributed by atoms with Gasteiger partial charge < -0.3 is 5.11 Å². The summed E-state index contributed by atoms with van der Waals surface area (Å²) >= 11 is 0. The Bertz CT molecular complexity index is 889. The van der Waals surface area contributed by atoms with Gasteiger partial charge in [-0.3, -0.25) is 0 Å². The first-order chi connectivity index (χ1) is 9.50. The molecular weight excluding hydrogens is 283 g/mol. The van der Waals surface area contributed by atoms with Gasteiger partial charge in [0.25, 0.3) is 10.0 Å². The molecule has 0 aliphatic rings. The summed E-state index contributed by atoms with van der Waals surface area (Å²) in [6.45, 7) is 0. The lowest BCUT2D eigenvalue weighted by molar-refractivity contribution is 0.473. The van der Waals surface area contributed by atoms with Gasteiger partial charge in [0.1, 0.15) is 5.75 Å². The summed E-state index contributed by atoms with van der Waals surface area (Å²) in [5.74, 6) is -0.992. The van der Waals surface area contributed by atoms with Crippen LogP contribution in [-0.2, 0) is 10.0 Å². The molecular formula is C13H9FN2O3S. The van der Waals surface area contributed by atoms with E-state index >= 15 is 0 Å². The van der Waals surface area contributed by atoms with Gasteiger partial charge in [0.05, 0.1) is 22.7 Å². The maximum Gasteiger partial charge on any atom is 0.269 e. The summed E-state index contributed by atoms with van der Waals surface area (Å²) in [6, 6.07) is 8.81. The monoisotopic (exact) mass is 292 g/mol. The number of benzene rings is 1. The molecule has 0 bridgehead atoms. The highest BCUT2D eigenvalue weighted by molar-refractivity contribution is 7.90. The van der Waals surface area contributed by atoms with Crippen LogP contribution in [0.1, 0.15) is 0 Å². The Morgan fingerprint density at radius 1 is 1.20 bits per heavy atom. The van der Waals surface area contributed by atoms with Gasteiger partial charge in [-0.25, -0.2) is 21.8 Å². The molecule has 1 aromatic carbocycles. The molecule has 1 N–H and O–H groups in total. The Morgan fingerprint density at radius 2 is 1.90 bits per heavy atom. The third kappa shape index (κ3) is 1.83. The number of halogens is 1. The molecule has 0 aliphatic carbocycles. The van der Waals surface area contributed by atoms with E-state index in [9.17, 15) is 17.9 Å². The second-order valence-corrected chi connectivity index (χ2v) is 5.97. The van der Waals surface area contributed by atoms with Crippen molar-refractivity contribution in [2.24, 2.45) is 0 Å². The topological polar surface area (TPSA) is 72.2 Å². The third-order valence-electron chi connectivity index (χ3n) is 2.85. The van der Waals surface area contributed by atoms with Crippen LogP contribution in [-0.4, -0.2) is 22.5 Å². The molecule has 5 nitrogen and oxygen atoms in total. The van der Waals surface area contributed by atoms with Crippen molar-refractivity contribution in [3.63, 3.8) is 0 Å². The number of nitrogens with zero attached hydrogens (tertiary/aromatic N) is 2. The minimum Gasteiger partial charge on any atom is -0.506 e. The van der Waals surface area contributed by atoms with Crippen molar-refractivity contribution in [3.05, 3.63) is 54.6 Å².